The number of para-hydroxylation sites is 2. The Morgan fingerprint density at radius 1 is 1.04 bits per heavy atom. The van der Waals surface area contributed by atoms with Crippen LogP contribution in [0.15, 0.2) is 71.4 Å². The lowest BCUT2D eigenvalue weighted by atomic mass is 10.2. The third-order valence-electron chi connectivity index (χ3n) is 3.78. The third kappa shape index (κ3) is 3.36. The van der Waals surface area contributed by atoms with E-state index in [1.807, 2.05) is 65.4 Å². The van der Waals surface area contributed by atoms with Crippen molar-refractivity contribution in [2.75, 3.05) is 0 Å². The zero-order valence-electron chi connectivity index (χ0n) is 13.3. The van der Waals surface area contributed by atoms with Gasteiger partial charge >= 0.3 is 0 Å². The Balaban J connectivity index is 1.73. The number of aromatic amines is 1. The number of hydrogen-bond donors (Lipinski definition) is 2. The SMILES string of the molecule is O=C(N/C(=C/c1ccsc1)c1nc2ccccc2[nH]1)c1ccccc1. The first-order valence-electron chi connectivity index (χ1n) is 7.85. The molecule has 0 spiro atoms. The van der Waals surface area contributed by atoms with Crippen LogP contribution < -0.4 is 5.32 Å². The first kappa shape index (κ1) is 15.4. The van der Waals surface area contributed by atoms with Crippen LogP contribution >= 0.6 is 11.3 Å². The summed E-state index contributed by atoms with van der Waals surface area (Å²) in [5, 5.41) is 7.01. The maximum absolute atomic E-state index is 12.6. The number of aromatic nitrogens is 2. The number of benzene rings is 2. The quantitative estimate of drug-likeness (QED) is 0.570. The number of thiophene rings is 1. The molecule has 2 N–H and O–H groups in total. The first-order chi connectivity index (χ1) is 12.3. The number of hydrogen-bond acceptors (Lipinski definition) is 3. The molecule has 2 aromatic carbocycles. The molecule has 4 rings (SSSR count). The van der Waals surface area contributed by atoms with Crippen LogP contribution in [0.2, 0.25) is 0 Å². The van der Waals surface area contributed by atoms with Gasteiger partial charge in [-0.05, 0) is 52.7 Å². The Morgan fingerprint density at radius 3 is 2.60 bits per heavy atom. The van der Waals surface area contributed by atoms with Crippen molar-refractivity contribution in [2.45, 2.75) is 0 Å². The fraction of sp³-hybridized carbons (Fsp3) is 0. The Hall–Kier alpha value is -3.18. The average molecular weight is 345 g/mol. The second-order valence-electron chi connectivity index (χ2n) is 5.54. The van der Waals surface area contributed by atoms with Crippen molar-refractivity contribution in [2.24, 2.45) is 0 Å². The van der Waals surface area contributed by atoms with Crippen molar-refractivity contribution in [3.63, 3.8) is 0 Å². The largest absolute Gasteiger partial charge is 0.337 e. The highest BCUT2D eigenvalue weighted by Gasteiger charge is 2.13. The van der Waals surface area contributed by atoms with Crippen molar-refractivity contribution in [1.29, 1.82) is 0 Å². The molecule has 2 aromatic heterocycles. The van der Waals surface area contributed by atoms with E-state index in [0.29, 0.717) is 17.1 Å². The zero-order valence-corrected chi connectivity index (χ0v) is 14.1. The van der Waals surface area contributed by atoms with E-state index in [0.717, 1.165) is 16.6 Å². The minimum atomic E-state index is -0.164. The number of carbonyl (C=O) groups is 1. The van der Waals surface area contributed by atoms with Gasteiger partial charge in [-0.1, -0.05) is 30.3 Å². The average Bonchev–Trinajstić information content (AvgIpc) is 3.31. The number of nitrogens with one attached hydrogen (secondary N) is 2. The third-order valence-corrected chi connectivity index (χ3v) is 4.48. The maximum atomic E-state index is 12.6. The maximum Gasteiger partial charge on any atom is 0.255 e. The van der Waals surface area contributed by atoms with Crippen LogP contribution in [0, 0.1) is 0 Å². The number of H-pyrrole nitrogens is 1. The fourth-order valence-electron chi connectivity index (χ4n) is 2.55. The molecule has 0 unspecified atom stereocenters. The molecular formula is C20H15N3OS. The Kier molecular flexibility index (Phi) is 4.14. The molecule has 4 aromatic rings. The summed E-state index contributed by atoms with van der Waals surface area (Å²) in [5.74, 6) is 0.471. The molecule has 0 bridgehead atoms. The van der Waals surface area contributed by atoms with E-state index in [1.165, 1.54) is 0 Å². The Bertz CT molecular complexity index is 1000. The molecule has 0 aliphatic carbocycles. The van der Waals surface area contributed by atoms with Gasteiger partial charge in [-0.15, -0.1) is 0 Å². The summed E-state index contributed by atoms with van der Waals surface area (Å²) in [4.78, 5) is 20.5. The standard InChI is InChI=1S/C20H15N3OS/c24-20(15-6-2-1-3-7-15)23-18(12-14-10-11-25-13-14)19-21-16-8-4-5-9-17(16)22-19/h1-13H,(H,21,22)(H,23,24)/b18-12+. The number of carbonyl (C=O) groups excluding carboxylic acids is 1. The topological polar surface area (TPSA) is 57.8 Å². The van der Waals surface area contributed by atoms with Crippen LogP contribution in [0.25, 0.3) is 22.8 Å². The van der Waals surface area contributed by atoms with Crippen molar-refractivity contribution in [1.82, 2.24) is 15.3 Å². The highest BCUT2D eigenvalue weighted by molar-refractivity contribution is 7.08. The number of nitrogens with zero attached hydrogens (tertiary/aromatic N) is 1. The monoisotopic (exact) mass is 345 g/mol. The van der Waals surface area contributed by atoms with Crippen molar-refractivity contribution in [3.05, 3.63) is 88.4 Å². The molecule has 2 heterocycles. The van der Waals surface area contributed by atoms with Gasteiger partial charge < -0.3 is 10.3 Å². The van der Waals surface area contributed by atoms with Crippen molar-refractivity contribution in [3.8, 4) is 0 Å². The lowest BCUT2D eigenvalue weighted by Crippen LogP contribution is -2.22. The molecule has 0 aliphatic heterocycles. The number of imidazole rings is 1. The molecule has 0 atom stereocenters. The van der Waals surface area contributed by atoms with E-state index in [1.54, 1.807) is 23.5 Å². The van der Waals surface area contributed by atoms with Crippen LogP contribution in [0.3, 0.4) is 0 Å². The second-order valence-corrected chi connectivity index (χ2v) is 6.32. The van der Waals surface area contributed by atoms with E-state index < -0.39 is 0 Å². The van der Waals surface area contributed by atoms with Gasteiger partial charge in [0.1, 0.15) is 0 Å². The van der Waals surface area contributed by atoms with Gasteiger partial charge in [-0.3, -0.25) is 4.79 Å². The molecule has 0 saturated carbocycles. The normalized spacial score (nSPS) is 11.6. The highest BCUT2D eigenvalue weighted by atomic mass is 32.1. The summed E-state index contributed by atoms with van der Waals surface area (Å²) >= 11 is 1.61. The van der Waals surface area contributed by atoms with Crippen LogP contribution in [0.4, 0.5) is 0 Å². The van der Waals surface area contributed by atoms with Crippen LogP contribution in [0.1, 0.15) is 21.7 Å². The van der Waals surface area contributed by atoms with Gasteiger partial charge in [0.25, 0.3) is 5.91 Å². The molecule has 0 radical (unpaired) electrons. The van der Waals surface area contributed by atoms with Crippen molar-refractivity contribution >= 4 is 40.1 Å². The Morgan fingerprint density at radius 2 is 1.84 bits per heavy atom. The van der Waals surface area contributed by atoms with E-state index in [2.05, 4.69) is 15.3 Å². The lowest BCUT2D eigenvalue weighted by Gasteiger charge is -2.08. The molecule has 4 nitrogen and oxygen atoms in total. The van der Waals surface area contributed by atoms with E-state index in [4.69, 9.17) is 0 Å². The molecule has 5 heteroatoms. The molecule has 0 aliphatic rings. The van der Waals surface area contributed by atoms with Gasteiger partial charge in [-0.2, -0.15) is 11.3 Å². The summed E-state index contributed by atoms with van der Waals surface area (Å²) in [5.41, 5.74) is 4.07. The van der Waals surface area contributed by atoms with Gasteiger partial charge in [0.15, 0.2) is 5.82 Å². The van der Waals surface area contributed by atoms with Crippen LogP contribution in [-0.2, 0) is 0 Å². The van der Waals surface area contributed by atoms with Gasteiger partial charge in [0, 0.05) is 5.56 Å². The summed E-state index contributed by atoms with van der Waals surface area (Å²) in [7, 11) is 0. The molecule has 0 saturated heterocycles. The van der Waals surface area contributed by atoms with Crippen LogP contribution in [-0.4, -0.2) is 15.9 Å². The fourth-order valence-corrected chi connectivity index (χ4v) is 3.17. The van der Waals surface area contributed by atoms with Gasteiger partial charge in [-0.25, -0.2) is 4.98 Å². The predicted molar refractivity (Wildman–Crippen MR) is 102 cm³/mol. The van der Waals surface area contributed by atoms with E-state index in [-0.39, 0.29) is 5.91 Å². The highest BCUT2D eigenvalue weighted by Crippen LogP contribution is 2.19. The molecular weight excluding hydrogens is 330 g/mol. The minimum absolute atomic E-state index is 0.164. The molecule has 25 heavy (non-hydrogen) atoms. The smallest absolute Gasteiger partial charge is 0.255 e. The van der Waals surface area contributed by atoms with Crippen molar-refractivity contribution < 1.29 is 4.79 Å². The number of rotatable bonds is 4. The minimum Gasteiger partial charge on any atom is -0.337 e. The first-order valence-corrected chi connectivity index (χ1v) is 8.79. The summed E-state index contributed by atoms with van der Waals surface area (Å²) in [6.45, 7) is 0. The second kappa shape index (κ2) is 6.75. The summed E-state index contributed by atoms with van der Waals surface area (Å²) < 4.78 is 0. The molecule has 0 fully saturated rings. The molecule has 122 valence electrons. The lowest BCUT2D eigenvalue weighted by molar-refractivity contribution is 0.0973. The summed E-state index contributed by atoms with van der Waals surface area (Å²) in [6, 6.07) is 19.0. The zero-order chi connectivity index (χ0) is 17.1. The van der Waals surface area contributed by atoms with E-state index in [9.17, 15) is 4.79 Å². The number of fused-ring (bicyclic) bond motifs is 1. The predicted octanol–water partition coefficient (Wildman–Crippen LogP) is 4.55. The van der Waals surface area contributed by atoms with Gasteiger partial charge in [0.05, 0.1) is 16.7 Å². The van der Waals surface area contributed by atoms with E-state index >= 15 is 0 Å². The van der Waals surface area contributed by atoms with Gasteiger partial charge in [0.2, 0.25) is 0 Å². The Labute approximate surface area is 148 Å². The molecule has 1 amide bonds. The summed E-state index contributed by atoms with van der Waals surface area (Å²) in [6.07, 6.45) is 1.93. The van der Waals surface area contributed by atoms with Crippen LogP contribution in [0.5, 0.6) is 0 Å². The number of amides is 1.